The van der Waals surface area contributed by atoms with E-state index in [1.165, 1.54) is 16.3 Å². The van der Waals surface area contributed by atoms with Crippen LogP contribution >= 0.6 is 0 Å². The van der Waals surface area contributed by atoms with Crippen molar-refractivity contribution in [2.45, 2.75) is 32.7 Å². The molecule has 2 aromatic rings. The lowest BCUT2D eigenvalue weighted by Crippen LogP contribution is -2.30. The lowest BCUT2D eigenvalue weighted by molar-refractivity contribution is -0.121. The van der Waals surface area contributed by atoms with E-state index >= 15 is 0 Å². The molecule has 2 heteroatoms. The molecular weight excluding hydrogens is 222 g/mol. The Morgan fingerprint density at radius 1 is 1.11 bits per heavy atom. The molecule has 0 atom stereocenters. The molecule has 0 fully saturated rings. The summed E-state index contributed by atoms with van der Waals surface area (Å²) in [4.78, 5) is 11.7. The van der Waals surface area contributed by atoms with E-state index in [9.17, 15) is 4.79 Å². The van der Waals surface area contributed by atoms with Crippen molar-refractivity contribution < 1.29 is 4.79 Å². The van der Waals surface area contributed by atoms with Gasteiger partial charge in [0.05, 0.1) is 0 Å². The number of fused-ring (bicyclic) bond motifs is 1. The van der Waals surface area contributed by atoms with Crippen LogP contribution < -0.4 is 5.32 Å². The first-order valence-corrected chi connectivity index (χ1v) is 6.43. The van der Waals surface area contributed by atoms with E-state index < -0.39 is 0 Å². The monoisotopic (exact) mass is 241 g/mol. The molecule has 0 bridgehead atoms. The van der Waals surface area contributed by atoms with Crippen LogP contribution in [0.25, 0.3) is 10.8 Å². The van der Waals surface area contributed by atoms with Gasteiger partial charge in [0.2, 0.25) is 5.91 Å². The van der Waals surface area contributed by atoms with Gasteiger partial charge in [-0.25, -0.2) is 0 Å². The van der Waals surface area contributed by atoms with Gasteiger partial charge in [-0.2, -0.15) is 0 Å². The molecule has 0 spiro atoms. The Bertz CT molecular complexity index is 540. The number of rotatable bonds is 4. The molecule has 0 saturated heterocycles. The van der Waals surface area contributed by atoms with Crippen LogP contribution in [0.1, 0.15) is 25.8 Å². The molecule has 0 unspecified atom stereocenters. The van der Waals surface area contributed by atoms with Gasteiger partial charge in [-0.15, -0.1) is 0 Å². The number of aryl methyl sites for hydroxylation is 1. The molecule has 1 N–H and O–H groups in total. The minimum atomic E-state index is 0.123. The highest BCUT2D eigenvalue weighted by atomic mass is 16.1. The van der Waals surface area contributed by atoms with Crippen LogP contribution in [-0.4, -0.2) is 11.9 Å². The van der Waals surface area contributed by atoms with E-state index in [1.54, 1.807) is 0 Å². The largest absolute Gasteiger partial charge is 0.354 e. The molecule has 1 amide bonds. The van der Waals surface area contributed by atoms with Crippen LogP contribution in [0.5, 0.6) is 0 Å². The van der Waals surface area contributed by atoms with Crippen molar-refractivity contribution in [1.29, 1.82) is 0 Å². The van der Waals surface area contributed by atoms with Crippen molar-refractivity contribution in [2.75, 3.05) is 0 Å². The fraction of sp³-hybridized carbons (Fsp3) is 0.312. The molecular formula is C16H19NO. The fourth-order valence-corrected chi connectivity index (χ4v) is 2.15. The third-order valence-corrected chi connectivity index (χ3v) is 2.95. The van der Waals surface area contributed by atoms with Gasteiger partial charge < -0.3 is 5.32 Å². The van der Waals surface area contributed by atoms with Gasteiger partial charge in [0, 0.05) is 12.5 Å². The zero-order chi connectivity index (χ0) is 13.0. The molecule has 2 rings (SSSR count). The van der Waals surface area contributed by atoms with E-state index in [0.717, 1.165) is 6.42 Å². The molecule has 0 heterocycles. The summed E-state index contributed by atoms with van der Waals surface area (Å²) in [7, 11) is 0. The van der Waals surface area contributed by atoms with Gasteiger partial charge in [0.1, 0.15) is 0 Å². The zero-order valence-corrected chi connectivity index (χ0v) is 10.9. The molecule has 0 aliphatic carbocycles. The molecule has 0 aromatic heterocycles. The lowest BCUT2D eigenvalue weighted by Gasteiger charge is -2.09. The predicted molar refractivity (Wildman–Crippen MR) is 75.5 cm³/mol. The average Bonchev–Trinajstić information content (AvgIpc) is 2.35. The molecule has 0 aliphatic heterocycles. The van der Waals surface area contributed by atoms with Crippen molar-refractivity contribution in [1.82, 2.24) is 5.32 Å². The Kier molecular flexibility index (Phi) is 3.98. The van der Waals surface area contributed by atoms with Gasteiger partial charge in [0.15, 0.2) is 0 Å². The van der Waals surface area contributed by atoms with E-state index in [4.69, 9.17) is 0 Å². The first kappa shape index (κ1) is 12.6. The topological polar surface area (TPSA) is 29.1 Å². The van der Waals surface area contributed by atoms with Crippen molar-refractivity contribution >= 4 is 16.7 Å². The summed E-state index contributed by atoms with van der Waals surface area (Å²) in [5.74, 6) is 0.123. The van der Waals surface area contributed by atoms with Crippen molar-refractivity contribution in [3.8, 4) is 0 Å². The molecule has 2 aromatic carbocycles. The number of hydrogen-bond acceptors (Lipinski definition) is 1. The molecule has 0 radical (unpaired) electrons. The number of carbonyl (C=O) groups excluding carboxylic acids is 1. The first-order chi connectivity index (χ1) is 8.66. The van der Waals surface area contributed by atoms with Crippen molar-refractivity contribution in [2.24, 2.45) is 0 Å². The van der Waals surface area contributed by atoms with Crippen LogP contribution in [0, 0.1) is 0 Å². The maximum absolute atomic E-state index is 11.7. The third-order valence-electron chi connectivity index (χ3n) is 2.95. The van der Waals surface area contributed by atoms with E-state index in [1.807, 2.05) is 26.0 Å². The minimum absolute atomic E-state index is 0.123. The Morgan fingerprint density at radius 3 is 2.61 bits per heavy atom. The third kappa shape index (κ3) is 3.10. The number of nitrogens with one attached hydrogen (secondary N) is 1. The Labute approximate surface area is 108 Å². The van der Waals surface area contributed by atoms with E-state index in [0.29, 0.717) is 6.42 Å². The molecule has 2 nitrogen and oxygen atoms in total. The fourth-order valence-electron chi connectivity index (χ4n) is 2.15. The summed E-state index contributed by atoms with van der Waals surface area (Å²) in [5.41, 5.74) is 1.24. The maximum Gasteiger partial charge on any atom is 0.220 e. The molecule has 18 heavy (non-hydrogen) atoms. The van der Waals surface area contributed by atoms with E-state index in [2.05, 4.69) is 35.6 Å². The van der Waals surface area contributed by atoms with Crippen LogP contribution in [0.4, 0.5) is 0 Å². The van der Waals surface area contributed by atoms with Crippen molar-refractivity contribution in [3.05, 3.63) is 48.0 Å². The summed E-state index contributed by atoms with van der Waals surface area (Å²) in [6, 6.07) is 14.8. The Balaban J connectivity index is 2.10. The van der Waals surface area contributed by atoms with E-state index in [-0.39, 0.29) is 11.9 Å². The van der Waals surface area contributed by atoms with Gasteiger partial charge in [0.25, 0.3) is 0 Å². The average molecular weight is 241 g/mol. The van der Waals surface area contributed by atoms with Crippen LogP contribution in [0.3, 0.4) is 0 Å². The molecule has 94 valence electrons. The van der Waals surface area contributed by atoms with Crippen LogP contribution in [-0.2, 0) is 11.2 Å². The zero-order valence-electron chi connectivity index (χ0n) is 10.9. The molecule has 0 aliphatic rings. The normalized spacial score (nSPS) is 10.8. The van der Waals surface area contributed by atoms with Crippen LogP contribution in [0.15, 0.2) is 42.5 Å². The summed E-state index contributed by atoms with van der Waals surface area (Å²) in [6.07, 6.45) is 1.34. The first-order valence-electron chi connectivity index (χ1n) is 6.43. The summed E-state index contributed by atoms with van der Waals surface area (Å²) in [6.45, 7) is 3.96. The highest BCUT2D eigenvalue weighted by molar-refractivity contribution is 5.86. The second kappa shape index (κ2) is 5.67. The summed E-state index contributed by atoms with van der Waals surface area (Å²) >= 11 is 0. The predicted octanol–water partition coefficient (Wildman–Crippen LogP) is 3.30. The number of carbonyl (C=O) groups is 1. The minimum Gasteiger partial charge on any atom is -0.354 e. The summed E-state index contributed by atoms with van der Waals surface area (Å²) in [5, 5.41) is 5.41. The number of amides is 1. The smallest absolute Gasteiger partial charge is 0.220 e. The molecule has 0 saturated carbocycles. The Morgan fingerprint density at radius 2 is 1.83 bits per heavy atom. The van der Waals surface area contributed by atoms with Crippen LogP contribution in [0.2, 0.25) is 0 Å². The van der Waals surface area contributed by atoms with Gasteiger partial charge >= 0.3 is 0 Å². The maximum atomic E-state index is 11.7. The second-order valence-electron chi connectivity index (χ2n) is 4.86. The second-order valence-corrected chi connectivity index (χ2v) is 4.86. The number of benzene rings is 2. The quantitative estimate of drug-likeness (QED) is 0.874. The standard InChI is InChI=1S/C16H19NO/c1-12(2)17-16(18)11-10-14-8-5-7-13-6-3-4-9-15(13)14/h3-9,12H,10-11H2,1-2H3,(H,17,18). The Hall–Kier alpha value is -1.83. The lowest BCUT2D eigenvalue weighted by atomic mass is 10.0. The highest BCUT2D eigenvalue weighted by Gasteiger charge is 2.05. The highest BCUT2D eigenvalue weighted by Crippen LogP contribution is 2.19. The van der Waals surface area contributed by atoms with Gasteiger partial charge in [-0.3, -0.25) is 4.79 Å². The SMILES string of the molecule is CC(C)NC(=O)CCc1cccc2ccccc12. The summed E-state index contributed by atoms with van der Waals surface area (Å²) < 4.78 is 0. The van der Waals surface area contributed by atoms with Gasteiger partial charge in [-0.05, 0) is 36.6 Å². The van der Waals surface area contributed by atoms with Gasteiger partial charge in [-0.1, -0.05) is 42.5 Å². The van der Waals surface area contributed by atoms with Crippen molar-refractivity contribution in [3.63, 3.8) is 0 Å². The number of hydrogen-bond donors (Lipinski definition) is 1.